The summed E-state index contributed by atoms with van der Waals surface area (Å²) in [6, 6.07) is 15.1. The lowest BCUT2D eigenvalue weighted by molar-refractivity contribution is -0.132. The minimum Gasteiger partial charge on any atom is -0.495 e. The summed E-state index contributed by atoms with van der Waals surface area (Å²) in [6.45, 7) is 4.35. The lowest BCUT2D eigenvalue weighted by Gasteiger charge is -2.10. The highest BCUT2D eigenvalue weighted by atomic mass is 32.2. The van der Waals surface area contributed by atoms with Crippen LogP contribution in [0.2, 0.25) is 0 Å². The molecule has 9 heteroatoms. The van der Waals surface area contributed by atoms with E-state index in [4.69, 9.17) is 18.4 Å². The average Bonchev–Trinajstić information content (AvgIpc) is 2.78. The minimum atomic E-state index is -4.03. The zero-order valence-electron chi connectivity index (χ0n) is 19.4. The first-order valence-electron chi connectivity index (χ1n) is 10.3. The summed E-state index contributed by atoms with van der Waals surface area (Å²) in [5, 5.41) is 0. The molecule has 180 valence electrons. The number of hydrogen-bond donors (Lipinski definition) is 0. The molecule has 35 heavy (non-hydrogen) atoms. The fourth-order valence-electron chi connectivity index (χ4n) is 2.92. The van der Waals surface area contributed by atoms with Crippen LogP contribution in [-0.4, -0.2) is 27.5 Å². The van der Waals surface area contributed by atoms with Crippen molar-refractivity contribution in [3.8, 4) is 34.8 Å². The Balaban J connectivity index is 1.90. The third-order valence-corrected chi connectivity index (χ3v) is 5.75. The van der Waals surface area contributed by atoms with Crippen molar-refractivity contribution in [2.45, 2.75) is 25.7 Å². The molecule has 3 rings (SSSR count). The molecular formula is C26H22O8S. The zero-order valence-corrected chi connectivity index (χ0v) is 20.3. The van der Waals surface area contributed by atoms with Crippen LogP contribution in [0.3, 0.4) is 0 Å². The average molecular weight is 495 g/mol. The molecule has 0 bridgehead atoms. The van der Waals surface area contributed by atoms with Crippen LogP contribution >= 0.6 is 0 Å². The Morgan fingerprint density at radius 3 is 1.86 bits per heavy atom. The van der Waals surface area contributed by atoms with Gasteiger partial charge < -0.3 is 18.4 Å². The lowest BCUT2D eigenvalue weighted by Crippen LogP contribution is -2.09. The maximum Gasteiger partial charge on any atom is 0.339 e. The van der Waals surface area contributed by atoms with Crippen LogP contribution in [-0.2, 0) is 19.7 Å². The zero-order chi connectivity index (χ0) is 25.6. The van der Waals surface area contributed by atoms with Crippen molar-refractivity contribution in [2.24, 2.45) is 0 Å². The van der Waals surface area contributed by atoms with Crippen LogP contribution in [0.15, 0.2) is 65.6 Å². The fraction of sp³-hybridized carbons (Fsp3) is 0.154. The molecule has 3 aromatic rings. The highest BCUT2D eigenvalue weighted by Crippen LogP contribution is 2.28. The molecule has 0 radical (unpaired) electrons. The van der Waals surface area contributed by atoms with E-state index >= 15 is 0 Å². The van der Waals surface area contributed by atoms with Gasteiger partial charge in [0.15, 0.2) is 0 Å². The van der Waals surface area contributed by atoms with E-state index in [0.717, 1.165) is 5.56 Å². The largest absolute Gasteiger partial charge is 0.495 e. The monoisotopic (exact) mass is 494 g/mol. The number of methoxy groups -OCH3 is 1. The Morgan fingerprint density at radius 1 is 0.743 bits per heavy atom. The second-order valence-electron chi connectivity index (χ2n) is 7.31. The van der Waals surface area contributed by atoms with E-state index in [1.54, 1.807) is 24.3 Å². The summed E-state index contributed by atoms with van der Waals surface area (Å²) in [5.74, 6) is 5.35. The number of benzene rings is 3. The Morgan fingerprint density at radius 2 is 1.29 bits per heavy atom. The van der Waals surface area contributed by atoms with Gasteiger partial charge in [-0.05, 0) is 43.3 Å². The normalized spacial score (nSPS) is 10.5. The van der Waals surface area contributed by atoms with E-state index in [-0.39, 0.29) is 27.9 Å². The van der Waals surface area contributed by atoms with Crippen LogP contribution in [0.1, 0.15) is 30.5 Å². The second-order valence-corrected chi connectivity index (χ2v) is 8.85. The van der Waals surface area contributed by atoms with Gasteiger partial charge in [0.1, 0.15) is 27.9 Å². The molecule has 0 aromatic heterocycles. The van der Waals surface area contributed by atoms with Gasteiger partial charge in [0.05, 0.1) is 18.2 Å². The summed E-state index contributed by atoms with van der Waals surface area (Å²) >= 11 is 0. The van der Waals surface area contributed by atoms with E-state index in [9.17, 15) is 18.0 Å². The number of ether oxygens (including phenoxy) is 3. The molecular weight excluding hydrogens is 472 g/mol. The Bertz CT molecular complexity index is 1430. The van der Waals surface area contributed by atoms with Crippen molar-refractivity contribution in [1.82, 2.24) is 0 Å². The van der Waals surface area contributed by atoms with Crippen LogP contribution in [0, 0.1) is 18.8 Å². The third-order valence-electron chi connectivity index (χ3n) is 4.49. The van der Waals surface area contributed by atoms with Gasteiger partial charge in [0.2, 0.25) is 0 Å². The molecule has 0 saturated heterocycles. The maximum atomic E-state index is 12.6. The molecule has 3 aromatic carbocycles. The van der Waals surface area contributed by atoms with Crippen molar-refractivity contribution >= 4 is 22.1 Å². The molecule has 0 heterocycles. The summed E-state index contributed by atoms with van der Waals surface area (Å²) < 4.78 is 45.9. The molecule has 0 fully saturated rings. The van der Waals surface area contributed by atoms with Gasteiger partial charge in [0, 0.05) is 26.0 Å². The predicted octanol–water partition coefficient (Wildman–Crippen LogP) is 4.02. The minimum absolute atomic E-state index is 0.0288. The Hall–Kier alpha value is -4.29. The van der Waals surface area contributed by atoms with Crippen molar-refractivity contribution in [3.63, 3.8) is 0 Å². The molecule has 0 aliphatic carbocycles. The predicted molar refractivity (Wildman–Crippen MR) is 127 cm³/mol. The van der Waals surface area contributed by atoms with E-state index < -0.39 is 22.1 Å². The van der Waals surface area contributed by atoms with Gasteiger partial charge in [-0.15, -0.1) is 0 Å². The van der Waals surface area contributed by atoms with Gasteiger partial charge >= 0.3 is 22.1 Å². The van der Waals surface area contributed by atoms with Gasteiger partial charge in [-0.25, -0.2) is 0 Å². The maximum absolute atomic E-state index is 12.6. The molecule has 0 amide bonds. The van der Waals surface area contributed by atoms with Crippen LogP contribution in [0.25, 0.3) is 0 Å². The first-order valence-corrected chi connectivity index (χ1v) is 11.7. The highest BCUT2D eigenvalue weighted by molar-refractivity contribution is 7.87. The molecule has 0 aliphatic heterocycles. The Labute approximate surface area is 203 Å². The summed E-state index contributed by atoms with van der Waals surface area (Å²) in [5.41, 5.74) is 1.72. The van der Waals surface area contributed by atoms with Gasteiger partial charge in [-0.1, -0.05) is 29.5 Å². The van der Waals surface area contributed by atoms with Crippen molar-refractivity contribution in [1.29, 1.82) is 0 Å². The highest BCUT2D eigenvalue weighted by Gasteiger charge is 2.17. The molecule has 0 atom stereocenters. The van der Waals surface area contributed by atoms with Gasteiger partial charge in [0.25, 0.3) is 0 Å². The molecule has 0 N–H and O–H groups in total. The van der Waals surface area contributed by atoms with E-state index in [1.807, 2.05) is 6.92 Å². The molecule has 0 saturated carbocycles. The van der Waals surface area contributed by atoms with Gasteiger partial charge in [-0.2, -0.15) is 8.42 Å². The lowest BCUT2D eigenvalue weighted by atomic mass is 10.1. The van der Waals surface area contributed by atoms with Crippen LogP contribution < -0.4 is 18.4 Å². The number of carbonyl (C=O) groups excluding carboxylic acids is 2. The van der Waals surface area contributed by atoms with Crippen molar-refractivity contribution in [3.05, 3.63) is 77.4 Å². The van der Waals surface area contributed by atoms with Crippen LogP contribution in [0.4, 0.5) is 0 Å². The molecule has 0 aliphatic rings. The molecule has 0 unspecified atom stereocenters. The van der Waals surface area contributed by atoms with Gasteiger partial charge in [-0.3, -0.25) is 9.59 Å². The topological polar surface area (TPSA) is 105 Å². The van der Waals surface area contributed by atoms with Crippen LogP contribution in [0.5, 0.6) is 23.0 Å². The SMILES string of the molecule is COc1cc(OS(=O)(=O)c2ccc(C)cc2)ccc1C#Cc1ccc(OC(C)=O)cc1OC(C)=O. The fourth-order valence-corrected chi connectivity index (χ4v) is 3.84. The summed E-state index contributed by atoms with van der Waals surface area (Å²) in [6.07, 6.45) is 0. The third kappa shape index (κ3) is 6.85. The van der Waals surface area contributed by atoms with E-state index in [2.05, 4.69) is 11.8 Å². The quantitative estimate of drug-likeness (QED) is 0.219. The number of rotatable bonds is 6. The number of hydrogen-bond acceptors (Lipinski definition) is 8. The second kappa shape index (κ2) is 10.8. The van der Waals surface area contributed by atoms with E-state index in [1.165, 1.54) is 57.4 Å². The standard InChI is InChI=1S/C26H22O8S/c1-17-5-13-24(14-6-17)35(29,30)34-23-12-10-20(25(16-23)31-4)7-8-21-9-11-22(32-18(2)27)15-26(21)33-19(3)28/h5-6,9-16H,1-4H3. The van der Waals surface area contributed by atoms with Crippen molar-refractivity contribution in [2.75, 3.05) is 7.11 Å². The number of esters is 2. The molecule has 8 nitrogen and oxygen atoms in total. The summed E-state index contributed by atoms with van der Waals surface area (Å²) in [7, 11) is -2.62. The first kappa shape index (κ1) is 25.3. The van der Waals surface area contributed by atoms with Crippen molar-refractivity contribution < 1.29 is 36.4 Å². The molecule has 0 spiro atoms. The number of carbonyl (C=O) groups is 2. The smallest absolute Gasteiger partial charge is 0.339 e. The number of aryl methyl sites for hydroxylation is 1. The first-order chi connectivity index (χ1) is 16.6. The Kier molecular flexibility index (Phi) is 7.79. The van der Waals surface area contributed by atoms with E-state index in [0.29, 0.717) is 11.1 Å². The summed E-state index contributed by atoms with van der Waals surface area (Å²) in [4.78, 5) is 22.7.